The van der Waals surface area contributed by atoms with Crippen LogP contribution in [0.3, 0.4) is 0 Å². The number of carbonyl (C=O) groups excluding carboxylic acids is 2. The Labute approximate surface area is 92.9 Å². The highest BCUT2D eigenvalue weighted by Crippen LogP contribution is 2.18. The second kappa shape index (κ2) is 5.56. The van der Waals surface area contributed by atoms with Gasteiger partial charge in [0.15, 0.2) is 0 Å². The zero-order chi connectivity index (χ0) is 12.0. The van der Waals surface area contributed by atoms with Gasteiger partial charge < -0.3 is 14.6 Å². The number of benzene rings is 1. The van der Waals surface area contributed by atoms with E-state index in [0.29, 0.717) is 11.8 Å². The second-order valence-corrected chi connectivity index (χ2v) is 2.90. The summed E-state index contributed by atoms with van der Waals surface area (Å²) in [6.07, 6.45) is 0.822. The summed E-state index contributed by atoms with van der Waals surface area (Å²) in [4.78, 5) is 21.3. The highest BCUT2D eigenvalue weighted by Gasteiger charge is 2.11. The van der Waals surface area contributed by atoms with Gasteiger partial charge in [0.05, 0.1) is 13.5 Å². The lowest BCUT2D eigenvalue weighted by molar-refractivity contribution is -0.107. The first-order valence-corrected chi connectivity index (χ1v) is 4.53. The van der Waals surface area contributed by atoms with Gasteiger partial charge in [-0.1, -0.05) is 11.8 Å². The largest absolute Gasteiger partial charge is 0.507 e. The molecular formula is C12H10O4. The van der Waals surface area contributed by atoms with Gasteiger partial charge in [-0.15, -0.1) is 0 Å². The quantitative estimate of drug-likeness (QED) is 0.459. The van der Waals surface area contributed by atoms with Crippen LogP contribution in [-0.4, -0.2) is 24.5 Å². The maximum Gasteiger partial charge on any atom is 0.341 e. The van der Waals surface area contributed by atoms with Crippen molar-refractivity contribution in [1.29, 1.82) is 0 Å². The molecule has 0 bridgehead atoms. The molecule has 1 aromatic rings. The van der Waals surface area contributed by atoms with Crippen LogP contribution in [0.15, 0.2) is 18.2 Å². The number of phenols is 1. The van der Waals surface area contributed by atoms with E-state index in [-0.39, 0.29) is 17.7 Å². The molecule has 4 nitrogen and oxygen atoms in total. The molecule has 0 fully saturated rings. The number of hydrogen-bond acceptors (Lipinski definition) is 4. The van der Waals surface area contributed by atoms with Gasteiger partial charge in [-0.05, 0) is 18.2 Å². The normalized spacial score (nSPS) is 8.81. The number of phenolic OH excluding ortho intramolecular Hbond substituents is 1. The fourth-order valence-corrected chi connectivity index (χ4v) is 1.08. The number of aldehydes is 1. The van der Waals surface area contributed by atoms with Crippen molar-refractivity contribution < 1.29 is 19.4 Å². The Bertz CT molecular complexity index is 466. The molecule has 0 aliphatic rings. The van der Waals surface area contributed by atoms with Crippen molar-refractivity contribution in [2.45, 2.75) is 6.42 Å². The number of hydrogen-bond donors (Lipinski definition) is 1. The molecule has 0 aromatic heterocycles. The Morgan fingerprint density at radius 3 is 2.94 bits per heavy atom. The minimum atomic E-state index is -0.628. The van der Waals surface area contributed by atoms with Crippen molar-refractivity contribution >= 4 is 12.3 Å². The zero-order valence-electron chi connectivity index (χ0n) is 8.69. The number of rotatable bonds is 2. The van der Waals surface area contributed by atoms with Gasteiger partial charge in [0.2, 0.25) is 0 Å². The molecule has 0 aliphatic heterocycles. The molecule has 16 heavy (non-hydrogen) atoms. The smallest absolute Gasteiger partial charge is 0.341 e. The third-order valence-electron chi connectivity index (χ3n) is 1.82. The number of esters is 1. The molecule has 0 unspecified atom stereocenters. The van der Waals surface area contributed by atoms with E-state index >= 15 is 0 Å². The van der Waals surface area contributed by atoms with Crippen molar-refractivity contribution in [2.75, 3.05) is 7.11 Å². The zero-order valence-corrected chi connectivity index (χ0v) is 8.69. The van der Waals surface area contributed by atoms with Crippen LogP contribution in [0.5, 0.6) is 5.75 Å². The lowest BCUT2D eigenvalue weighted by atomic mass is 10.1. The van der Waals surface area contributed by atoms with Gasteiger partial charge in [-0.2, -0.15) is 0 Å². The maximum absolute atomic E-state index is 11.2. The summed E-state index contributed by atoms with van der Waals surface area (Å²) < 4.78 is 4.49. The van der Waals surface area contributed by atoms with Gasteiger partial charge in [0.25, 0.3) is 0 Å². The van der Waals surface area contributed by atoms with Gasteiger partial charge in [-0.25, -0.2) is 4.79 Å². The minimum Gasteiger partial charge on any atom is -0.507 e. The van der Waals surface area contributed by atoms with Crippen molar-refractivity contribution in [3.63, 3.8) is 0 Å². The van der Waals surface area contributed by atoms with Crippen LogP contribution in [0.25, 0.3) is 0 Å². The average molecular weight is 218 g/mol. The van der Waals surface area contributed by atoms with Gasteiger partial charge in [0.1, 0.15) is 17.6 Å². The van der Waals surface area contributed by atoms with Crippen LogP contribution < -0.4 is 0 Å². The fraction of sp³-hybridized carbons (Fsp3) is 0.167. The molecule has 0 saturated carbocycles. The first-order chi connectivity index (χ1) is 7.69. The molecular weight excluding hydrogens is 208 g/mol. The Hall–Kier alpha value is -2.28. The SMILES string of the molecule is COC(=O)c1cc(C#CCC=O)ccc1O. The third kappa shape index (κ3) is 2.85. The average Bonchev–Trinajstić information content (AvgIpc) is 2.30. The Balaban J connectivity index is 3.04. The number of aromatic hydroxyl groups is 1. The highest BCUT2D eigenvalue weighted by molar-refractivity contribution is 5.92. The number of ether oxygens (including phenoxy) is 1. The van der Waals surface area contributed by atoms with Crippen LogP contribution in [-0.2, 0) is 9.53 Å². The van der Waals surface area contributed by atoms with Gasteiger partial charge in [-0.3, -0.25) is 0 Å². The Morgan fingerprint density at radius 1 is 1.56 bits per heavy atom. The van der Waals surface area contributed by atoms with Gasteiger partial charge >= 0.3 is 5.97 Å². The fourth-order valence-electron chi connectivity index (χ4n) is 1.08. The summed E-state index contributed by atoms with van der Waals surface area (Å²) in [5.74, 6) is 4.51. The molecule has 0 saturated heterocycles. The van der Waals surface area contributed by atoms with Crippen LogP contribution in [0.2, 0.25) is 0 Å². The van der Waals surface area contributed by atoms with E-state index in [1.165, 1.54) is 19.2 Å². The Morgan fingerprint density at radius 2 is 2.31 bits per heavy atom. The predicted molar refractivity (Wildman–Crippen MR) is 57.0 cm³/mol. The lowest BCUT2D eigenvalue weighted by Gasteiger charge is -2.02. The summed E-state index contributed by atoms with van der Waals surface area (Å²) in [6, 6.07) is 4.33. The molecule has 1 rings (SSSR count). The van der Waals surface area contributed by atoms with E-state index in [9.17, 15) is 14.7 Å². The van der Waals surface area contributed by atoms with E-state index in [1.807, 2.05) is 0 Å². The molecule has 0 heterocycles. The monoisotopic (exact) mass is 218 g/mol. The summed E-state index contributed by atoms with van der Waals surface area (Å²) in [5.41, 5.74) is 0.598. The summed E-state index contributed by atoms with van der Waals surface area (Å²) in [7, 11) is 1.23. The van der Waals surface area contributed by atoms with Crippen LogP contribution in [0.1, 0.15) is 22.3 Å². The molecule has 0 aliphatic carbocycles. The van der Waals surface area contributed by atoms with Gasteiger partial charge in [0, 0.05) is 5.56 Å². The third-order valence-corrected chi connectivity index (χ3v) is 1.82. The molecule has 0 amide bonds. The molecule has 1 N–H and O–H groups in total. The van der Waals surface area contributed by atoms with E-state index in [4.69, 9.17) is 0 Å². The summed E-state index contributed by atoms with van der Waals surface area (Å²) in [5, 5.41) is 9.40. The maximum atomic E-state index is 11.2. The van der Waals surface area contributed by atoms with E-state index < -0.39 is 5.97 Å². The molecule has 0 radical (unpaired) electrons. The highest BCUT2D eigenvalue weighted by atomic mass is 16.5. The van der Waals surface area contributed by atoms with E-state index in [0.717, 1.165) is 0 Å². The van der Waals surface area contributed by atoms with E-state index in [2.05, 4.69) is 16.6 Å². The Kier molecular flexibility index (Phi) is 4.10. The number of methoxy groups -OCH3 is 1. The topological polar surface area (TPSA) is 63.6 Å². The summed E-state index contributed by atoms with van der Waals surface area (Å²) in [6.45, 7) is 0. The summed E-state index contributed by atoms with van der Waals surface area (Å²) >= 11 is 0. The predicted octanol–water partition coefficient (Wildman–Crippen LogP) is 1.12. The molecule has 1 aromatic carbocycles. The minimum absolute atomic E-state index is 0.0559. The molecule has 0 spiro atoms. The molecule has 0 atom stereocenters. The lowest BCUT2D eigenvalue weighted by Crippen LogP contribution is -2.01. The van der Waals surface area contributed by atoms with Crippen LogP contribution >= 0.6 is 0 Å². The first-order valence-electron chi connectivity index (χ1n) is 4.53. The van der Waals surface area contributed by atoms with Crippen molar-refractivity contribution in [3.05, 3.63) is 29.3 Å². The first kappa shape index (κ1) is 11.8. The van der Waals surface area contributed by atoms with Crippen LogP contribution in [0, 0.1) is 11.8 Å². The van der Waals surface area contributed by atoms with Crippen LogP contribution in [0.4, 0.5) is 0 Å². The van der Waals surface area contributed by atoms with Crippen molar-refractivity contribution in [3.8, 4) is 17.6 Å². The molecule has 4 heteroatoms. The molecule has 82 valence electrons. The van der Waals surface area contributed by atoms with Crippen molar-refractivity contribution in [2.24, 2.45) is 0 Å². The standard InChI is InChI=1S/C12H10O4/c1-16-12(15)10-8-9(4-2-3-7-13)5-6-11(10)14/h5-8,14H,3H2,1H3. The number of carbonyl (C=O) groups is 2. The van der Waals surface area contributed by atoms with Crippen molar-refractivity contribution in [1.82, 2.24) is 0 Å². The van der Waals surface area contributed by atoms with E-state index in [1.54, 1.807) is 6.07 Å². The second-order valence-electron chi connectivity index (χ2n) is 2.90.